The van der Waals surface area contributed by atoms with Gasteiger partial charge in [-0.05, 0) is 44.0 Å². The maximum absolute atomic E-state index is 12.7. The van der Waals surface area contributed by atoms with Crippen molar-refractivity contribution in [3.05, 3.63) is 34.9 Å². The highest BCUT2D eigenvalue weighted by Gasteiger charge is 2.35. The van der Waals surface area contributed by atoms with Crippen molar-refractivity contribution in [2.75, 3.05) is 13.1 Å². The van der Waals surface area contributed by atoms with Crippen molar-refractivity contribution >= 4 is 29.9 Å². The lowest BCUT2D eigenvalue weighted by Gasteiger charge is -2.32. The molecule has 2 heterocycles. The van der Waals surface area contributed by atoms with Crippen molar-refractivity contribution in [2.24, 2.45) is 5.92 Å². The molecular formula is C16H24Cl2N4O. The van der Waals surface area contributed by atoms with Crippen LogP contribution < -0.4 is 21.5 Å². The van der Waals surface area contributed by atoms with Crippen LogP contribution >= 0.6 is 24.0 Å². The van der Waals surface area contributed by atoms with Crippen LogP contribution in [-0.2, 0) is 4.79 Å². The quantitative estimate of drug-likeness (QED) is 0.665. The fourth-order valence-electron chi connectivity index (χ4n) is 3.29. The normalized spacial score (nSPS) is 30.5. The lowest BCUT2D eigenvalue weighted by molar-refractivity contribution is -0.126. The zero-order valence-corrected chi connectivity index (χ0v) is 14.7. The molecule has 23 heavy (non-hydrogen) atoms. The van der Waals surface area contributed by atoms with Crippen molar-refractivity contribution in [2.45, 2.75) is 37.9 Å². The average molecular weight is 359 g/mol. The smallest absolute Gasteiger partial charge is 0.226 e. The number of hydrogen-bond acceptors (Lipinski definition) is 4. The topological polar surface area (TPSA) is 65.2 Å². The fraction of sp³-hybridized carbons (Fsp3) is 0.562. The van der Waals surface area contributed by atoms with Gasteiger partial charge in [0.1, 0.15) is 0 Å². The molecule has 2 saturated heterocycles. The Hall–Kier alpha value is -0.850. The molecule has 0 spiro atoms. The second kappa shape index (κ2) is 8.31. The second-order valence-corrected chi connectivity index (χ2v) is 6.60. The van der Waals surface area contributed by atoms with E-state index in [1.807, 2.05) is 24.3 Å². The maximum Gasteiger partial charge on any atom is 0.226 e. The summed E-state index contributed by atoms with van der Waals surface area (Å²) in [6.07, 6.45) is 2.14. The summed E-state index contributed by atoms with van der Waals surface area (Å²) in [5.74, 6) is -0.0318. The number of hydrazine groups is 1. The first kappa shape index (κ1) is 18.5. The largest absolute Gasteiger partial charge is 0.351 e. The van der Waals surface area contributed by atoms with E-state index in [1.54, 1.807) is 0 Å². The van der Waals surface area contributed by atoms with Crippen LogP contribution in [0.5, 0.6) is 0 Å². The first-order valence-corrected chi connectivity index (χ1v) is 8.30. The van der Waals surface area contributed by atoms with Crippen LogP contribution in [0.4, 0.5) is 0 Å². The van der Waals surface area contributed by atoms with E-state index in [1.165, 1.54) is 0 Å². The van der Waals surface area contributed by atoms with Crippen molar-refractivity contribution in [3.8, 4) is 0 Å². The van der Waals surface area contributed by atoms with Gasteiger partial charge < -0.3 is 10.6 Å². The van der Waals surface area contributed by atoms with Crippen molar-refractivity contribution in [1.82, 2.24) is 21.5 Å². The Morgan fingerprint density at radius 1 is 1.39 bits per heavy atom. The Morgan fingerprint density at radius 2 is 2.22 bits per heavy atom. The summed E-state index contributed by atoms with van der Waals surface area (Å²) < 4.78 is 0. The van der Waals surface area contributed by atoms with Crippen LogP contribution in [0.1, 0.15) is 31.4 Å². The Kier molecular flexibility index (Phi) is 6.68. The number of rotatable bonds is 3. The molecular weight excluding hydrogens is 335 g/mol. The number of benzene rings is 1. The molecule has 7 heteroatoms. The standard InChI is InChI=1S/C16H23ClN4O.ClH/c1-10-14(6-3-7-18-10)20-16(22)13-9-19-21-15(13)11-4-2-5-12(17)8-11;/h2,4-5,8,10,13-15,18-19,21H,3,6-7,9H2,1H3,(H,20,22);1H. The Morgan fingerprint density at radius 3 is 2.96 bits per heavy atom. The van der Waals surface area contributed by atoms with Gasteiger partial charge in [0, 0.05) is 23.7 Å². The van der Waals surface area contributed by atoms with Crippen molar-refractivity contribution in [1.29, 1.82) is 0 Å². The maximum atomic E-state index is 12.7. The van der Waals surface area contributed by atoms with Gasteiger partial charge in [0.05, 0.1) is 12.0 Å². The van der Waals surface area contributed by atoms with Gasteiger partial charge in [-0.2, -0.15) is 0 Å². The molecule has 5 nitrogen and oxygen atoms in total. The average Bonchev–Trinajstić information content (AvgIpc) is 2.99. The van der Waals surface area contributed by atoms with Gasteiger partial charge in [-0.25, -0.2) is 5.43 Å². The first-order valence-electron chi connectivity index (χ1n) is 7.93. The molecule has 1 amide bonds. The van der Waals surface area contributed by atoms with Crippen LogP contribution in [0.2, 0.25) is 5.02 Å². The molecule has 4 N–H and O–H groups in total. The highest BCUT2D eigenvalue weighted by Crippen LogP contribution is 2.27. The summed E-state index contributed by atoms with van der Waals surface area (Å²) in [6, 6.07) is 8.16. The van der Waals surface area contributed by atoms with E-state index in [-0.39, 0.29) is 36.3 Å². The fourth-order valence-corrected chi connectivity index (χ4v) is 3.49. The minimum atomic E-state index is -0.132. The van der Waals surface area contributed by atoms with E-state index in [0.29, 0.717) is 17.6 Å². The number of carbonyl (C=O) groups excluding carboxylic acids is 1. The van der Waals surface area contributed by atoms with Crippen molar-refractivity contribution in [3.63, 3.8) is 0 Å². The predicted octanol–water partition coefficient (Wildman–Crippen LogP) is 1.78. The SMILES string of the molecule is CC1NCCCC1NC(=O)C1CNNC1c1cccc(Cl)c1.Cl. The summed E-state index contributed by atoms with van der Waals surface area (Å²) in [6.45, 7) is 3.78. The monoisotopic (exact) mass is 358 g/mol. The van der Waals surface area contributed by atoms with Crippen LogP contribution in [-0.4, -0.2) is 31.1 Å². The number of piperidine rings is 1. The summed E-state index contributed by atoms with van der Waals surface area (Å²) in [5.41, 5.74) is 7.33. The highest BCUT2D eigenvalue weighted by molar-refractivity contribution is 6.30. The summed E-state index contributed by atoms with van der Waals surface area (Å²) in [4.78, 5) is 12.7. The zero-order valence-electron chi connectivity index (χ0n) is 13.1. The molecule has 0 aliphatic carbocycles. The van der Waals surface area contributed by atoms with Gasteiger partial charge in [-0.3, -0.25) is 10.2 Å². The molecule has 4 atom stereocenters. The number of nitrogens with one attached hydrogen (secondary N) is 4. The van der Waals surface area contributed by atoms with E-state index in [9.17, 15) is 4.79 Å². The van der Waals surface area contributed by atoms with Crippen LogP contribution in [0.25, 0.3) is 0 Å². The zero-order chi connectivity index (χ0) is 15.5. The van der Waals surface area contributed by atoms with E-state index in [4.69, 9.17) is 11.6 Å². The molecule has 0 bridgehead atoms. The highest BCUT2D eigenvalue weighted by atomic mass is 35.5. The van der Waals surface area contributed by atoms with Gasteiger partial charge in [0.25, 0.3) is 0 Å². The minimum absolute atomic E-state index is 0. The second-order valence-electron chi connectivity index (χ2n) is 6.16. The van der Waals surface area contributed by atoms with Crippen LogP contribution in [0.3, 0.4) is 0 Å². The molecule has 1 aromatic rings. The number of amides is 1. The Labute approximate surface area is 148 Å². The molecule has 0 saturated carbocycles. The third-order valence-corrected chi connectivity index (χ3v) is 4.85. The Bertz CT molecular complexity index is 543. The minimum Gasteiger partial charge on any atom is -0.351 e. The van der Waals surface area contributed by atoms with E-state index in [2.05, 4.69) is 28.4 Å². The lowest BCUT2D eigenvalue weighted by Crippen LogP contribution is -2.53. The summed E-state index contributed by atoms with van der Waals surface area (Å²) >= 11 is 6.07. The molecule has 128 valence electrons. The molecule has 2 aliphatic rings. The van der Waals surface area contributed by atoms with Crippen molar-refractivity contribution < 1.29 is 4.79 Å². The lowest BCUT2D eigenvalue weighted by atomic mass is 9.92. The summed E-state index contributed by atoms with van der Waals surface area (Å²) in [5, 5.41) is 7.32. The molecule has 0 radical (unpaired) electrons. The van der Waals surface area contributed by atoms with E-state index < -0.39 is 0 Å². The molecule has 3 rings (SSSR count). The molecule has 4 unspecified atom stereocenters. The van der Waals surface area contributed by atoms with Gasteiger partial charge >= 0.3 is 0 Å². The number of carbonyl (C=O) groups is 1. The van der Waals surface area contributed by atoms with Gasteiger partial charge in [-0.15, -0.1) is 12.4 Å². The van der Waals surface area contributed by atoms with Crippen LogP contribution in [0, 0.1) is 5.92 Å². The number of halogens is 2. The van der Waals surface area contributed by atoms with Crippen LogP contribution in [0.15, 0.2) is 24.3 Å². The molecule has 1 aromatic carbocycles. The van der Waals surface area contributed by atoms with Gasteiger partial charge in [-0.1, -0.05) is 23.7 Å². The predicted molar refractivity (Wildman–Crippen MR) is 94.7 cm³/mol. The third-order valence-electron chi connectivity index (χ3n) is 4.62. The van der Waals surface area contributed by atoms with Gasteiger partial charge in [0.15, 0.2) is 0 Å². The summed E-state index contributed by atoms with van der Waals surface area (Å²) in [7, 11) is 0. The Balaban J connectivity index is 0.00000192. The molecule has 2 fully saturated rings. The van der Waals surface area contributed by atoms with E-state index >= 15 is 0 Å². The van der Waals surface area contributed by atoms with E-state index in [0.717, 1.165) is 24.9 Å². The first-order chi connectivity index (χ1) is 10.6. The third kappa shape index (κ3) is 4.37. The number of hydrogen-bond donors (Lipinski definition) is 4. The molecule has 2 aliphatic heterocycles. The molecule has 0 aromatic heterocycles. The van der Waals surface area contributed by atoms with Gasteiger partial charge in [0.2, 0.25) is 5.91 Å².